The Morgan fingerprint density at radius 3 is 2.10 bits per heavy atom. The van der Waals surface area contributed by atoms with E-state index in [-0.39, 0.29) is 34.1 Å². The minimum Gasteiger partial charge on any atom is -0.571 e. The van der Waals surface area contributed by atoms with Crippen molar-refractivity contribution in [3.63, 3.8) is 0 Å². The molecule has 342 valence electrons. The number of aromatic hydroxyl groups is 6. The second-order valence-corrected chi connectivity index (χ2v) is 15.1. The molecule has 4 aliphatic heterocycles. The van der Waals surface area contributed by atoms with Gasteiger partial charge >= 0.3 is 5.97 Å². The summed E-state index contributed by atoms with van der Waals surface area (Å²) in [5, 5.41) is 137. The molecule has 0 amide bonds. The second-order valence-electron chi connectivity index (χ2n) is 15.1. The molecule has 3 aromatic carbocycles. The summed E-state index contributed by atoms with van der Waals surface area (Å²) in [6, 6.07) is 11.8. The van der Waals surface area contributed by atoms with E-state index in [4.69, 9.17) is 33.2 Å². The van der Waals surface area contributed by atoms with Gasteiger partial charge in [0.15, 0.2) is 35.9 Å². The third-order valence-electron chi connectivity index (χ3n) is 10.7. The van der Waals surface area contributed by atoms with Crippen LogP contribution in [0.4, 0.5) is 0 Å². The van der Waals surface area contributed by atoms with Gasteiger partial charge in [0.1, 0.15) is 90.5 Å². The van der Waals surface area contributed by atoms with Crippen LogP contribution in [0.15, 0.2) is 66.4 Å². The number of fused-ring (bicyclic) bond motifs is 1. The largest absolute Gasteiger partial charge is 0.571 e. The molecule has 22 nitrogen and oxygen atoms in total. The van der Waals surface area contributed by atoms with E-state index in [2.05, 4.69) is 4.74 Å². The molecule has 4 heterocycles. The minimum absolute atomic E-state index is 0.0182. The lowest BCUT2D eigenvalue weighted by atomic mass is 9.97. The summed E-state index contributed by atoms with van der Waals surface area (Å²) in [4.78, 5) is 12.4. The molecule has 0 radical (unpaired) electrons. The van der Waals surface area contributed by atoms with Gasteiger partial charge in [-0.2, -0.15) is 0 Å². The minimum atomic E-state index is -2.00. The molecule has 3 saturated heterocycles. The molecule has 3 fully saturated rings. The van der Waals surface area contributed by atoms with E-state index in [1.54, 1.807) is 0 Å². The Hall–Kier alpha value is -5.31. The molecule has 0 aliphatic carbocycles. The van der Waals surface area contributed by atoms with Gasteiger partial charge in [0, 0.05) is 18.2 Å². The van der Waals surface area contributed by atoms with E-state index < -0.39 is 135 Å². The monoisotopic (exact) mass is 891 g/mol. The van der Waals surface area contributed by atoms with E-state index in [0.29, 0.717) is 5.56 Å². The van der Waals surface area contributed by atoms with E-state index in [0.717, 1.165) is 24.3 Å². The molecule has 15 atom stereocenters. The highest BCUT2D eigenvalue weighted by molar-refractivity contribution is 5.87. The number of aliphatic hydroxyl groups excluding tert-OH is 8. The van der Waals surface area contributed by atoms with Gasteiger partial charge in [-0.3, -0.25) is 0 Å². The number of ether oxygens (including phenoxy) is 8. The second kappa shape index (κ2) is 19.2. The van der Waals surface area contributed by atoms with Crippen molar-refractivity contribution in [2.45, 2.75) is 92.1 Å². The first-order chi connectivity index (χ1) is 30.0. The third kappa shape index (κ3) is 10.1. The van der Waals surface area contributed by atoms with E-state index in [1.807, 2.05) is 0 Å². The Labute approximate surface area is 356 Å². The van der Waals surface area contributed by atoms with Crippen LogP contribution in [0.1, 0.15) is 22.8 Å². The predicted molar refractivity (Wildman–Crippen MR) is 207 cm³/mol. The normalized spacial score (nSPS) is 34.4. The number of hydrogen-bond acceptors (Lipinski definition) is 21. The van der Waals surface area contributed by atoms with Crippen molar-refractivity contribution < 1.29 is 109 Å². The summed E-state index contributed by atoms with van der Waals surface area (Å²) in [5.41, 5.74) is 0.789. The summed E-state index contributed by atoms with van der Waals surface area (Å²) >= 11 is 0. The topological polar surface area (TPSA) is 357 Å². The molecule has 0 saturated carbocycles. The molecule has 0 aromatic heterocycles. The van der Waals surface area contributed by atoms with Gasteiger partial charge in [-0.25, -0.2) is 4.79 Å². The fourth-order valence-corrected chi connectivity index (χ4v) is 7.15. The molecule has 63 heavy (non-hydrogen) atoms. The van der Waals surface area contributed by atoms with Gasteiger partial charge in [0.2, 0.25) is 6.29 Å². The Kier molecular flexibility index (Phi) is 13.9. The van der Waals surface area contributed by atoms with Gasteiger partial charge in [-0.1, -0.05) is 12.1 Å². The number of carbonyl (C=O) groups excluding carboxylic acids is 1. The molecule has 7 rings (SSSR count). The lowest BCUT2D eigenvalue weighted by molar-refractivity contribution is -0.360. The van der Waals surface area contributed by atoms with Crippen molar-refractivity contribution in [3.8, 4) is 34.5 Å². The molecule has 4 aliphatic rings. The number of aliphatic hydroxyl groups is 9. The maximum Gasteiger partial charge on any atom is 0.330 e. The lowest BCUT2D eigenvalue weighted by Crippen LogP contribution is -2.64. The van der Waals surface area contributed by atoms with Crippen LogP contribution in [0.25, 0.3) is 12.2 Å². The van der Waals surface area contributed by atoms with Crippen LogP contribution in [-0.4, -0.2) is 183 Å². The maximum atomic E-state index is 12.4. The number of hydrogen-bond donors (Lipinski definition) is 13. The maximum absolute atomic E-state index is 12.4. The van der Waals surface area contributed by atoms with E-state index >= 15 is 0 Å². The van der Waals surface area contributed by atoms with Crippen molar-refractivity contribution in [1.82, 2.24) is 0 Å². The van der Waals surface area contributed by atoms with Crippen molar-refractivity contribution in [2.24, 2.45) is 0 Å². The Balaban J connectivity index is 1.11. The highest BCUT2D eigenvalue weighted by Gasteiger charge is 2.52. The van der Waals surface area contributed by atoms with Gasteiger partial charge in [-0.05, 0) is 42.0 Å². The van der Waals surface area contributed by atoms with Crippen LogP contribution in [0.2, 0.25) is 0 Å². The summed E-state index contributed by atoms with van der Waals surface area (Å²) in [7, 11) is 0. The first-order valence-corrected chi connectivity index (χ1v) is 19.4. The quantitative estimate of drug-likeness (QED) is 0.0402. The van der Waals surface area contributed by atoms with Gasteiger partial charge in [-0.15, -0.1) is 0 Å². The number of phenolic OH excluding ortho intramolecular Hbond substituents is 5. The van der Waals surface area contributed by atoms with Crippen molar-refractivity contribution in [3.05, 3.63) is 83.1 Å². The zero-order chi connectivity index (χ0) is 45.3. The van der Waals surface area contributed by atoms with Crippen molar-refractivity contribution >= 4 is 18.1 Å². The van der Waals surface area contributed by atoms with Crippen LogP contribution < -0.4 is 0 Å². The summed E-state index contributed by atoms with van der Waals surface area (Å²) in [6.45, 7) is -1.89. The number of phenols is 5. The van der Waals surface area contributed by atoms with Crippen LogP contribution >= 0.6 is 0 Å². The molecule has 15 unspecified atom stereocenters. The van der Waals surface area contributed by atoms with Gasteiger partial charge in [0.05, 0.1) is 24.8 Å². The fourth-order valence-electron chi connectivity index (χ4n) is 7.15. The lowest BCUT2D eigenvalue weighted by Gasteiger charge is -2.46. The molecule has 14 N–H and O–H groups in total. The summed E-state index contributed by atoms with van der Waals surface area (Å²) in [5.74, 6) is -2.76. The molecule has 22 heteroatoms. The predicted octanol–water partition coefficient (Wildman–Crippen LogP) is -2.08. The SMILES string of the molecule is O=C(C=Cc1ccc(O)cc1)OCC1OC(OCC2OC(OC3=Cc4c(O)cc(O)cc4[OH+]C3c3ccc(O)c(O)c3)C(OC3OCC(O)C(O)C3O)C(O)C2O)C(O)C(O)C1O. The highest BCUT2D eigenvalue weighted by Crippen LogP contribution is 2.46. The Morgan fingerprint density at radius 1 is 0.683 bits per heavy atom. The Bertz CT molecular complexity index is 2130. The van der Waals surface area contributed by atoms with Crippen LogP contribution in [-0.2, 0) is 38.0 Å². The number of benzene rings is 3. The van der Waals surface area contributed by atoms with Gasteiger partial charge in [0.25, 0.3) is 11.9 Å². The molecule has 0 bridgehead atoms. The molecule has 0 spiro atoms. The zero-order valence-corrected chi connectivity index (χ0v) is 32.7. The van der Waals surface area contributed by atoms with Crippen molar-refractivity contribution in [2.75, 3.05) is 19.8 Å². The van der Waals surface area contributed by atoms with Crippen molar-refractivity contribution in [1.29, 1.82) is 0 Å². The number of esters is 1. The summed E-state index contributed by atoms with van der Waals surface area (Å²) < 4.78 is 44.6. The van der Waals surface area contributed by atoms with Crippen LogP contribution in [0.5, 0.6) is 34.5 Å². The third-order valence-corrected chi connectivity index (χ3v) is 10.7. The van der Waals surface area contributed by atoms with E-state index in [9.17, 15) is 71.2 Å². The average molecular weight is 892 g/mol. The first kappa shape index (κ1) is 45.7. The molecular weight excluding hydrogens is 844 g/mol. The standard InChI is InChI=1S/C41H46O22/c42-18-5-1-16(2-6-18)3-8-29(48)56-14-27-31(50)33(52)36(55)39(61-27)58-15-28-32(51)34(53)38(63-40-35(54)30(49)24(47)13-57-40)41(62-28)60-26-12-20-22(45)10-19(43)11-25(20)59-37(26)17-4-7-21(44)23(46)9-17/h1-12,24,27-28,30-47,49-55H,13-15H2/p+1. The van der Waals surface area contributed by atoms with Gasteiger partial charge < -0.3 is 104 Å². The van der Waals surface area contributed by atoms with E-state index in [1.165, 1.54) is 48.6 Å². The highest BCUT2D eigenvalue weighted by atomic mass is 16.8. The Morgan fingerprint density at radius 2 is 1.37 bits per heavy atom. The average Bonchev–Trinajstić information content (AvgIpc) is 3.25. The fraction of sp³-hybridized carbons (Fsp3) is 0.439. The zero-order valence-electron chi connectivity index (χ0n) is 32.7. The number of rotatable bonds is 12. The smallest absolute Gasteiger partial charge is 0.330 e. The molecule has 3 aromatic rings. The van der Waals surface area contributed by atoms with Crippen LogP contribution in [0, 0.1) is 0 Å². The number of carbonyl (C=O) groups is 1. The first-order valence-electron chi connectivity index (χ1n) is 19.4. The van der Waals surface area contributed by atoms with Crippen LogP contribution in [0.3, 0.4) is 0 Å². The molecular formula is C41H47O22+. The summed E-state index contributed by atoms with van der Waals surface area (Å²) in [6.07, 6.45) is -22.4.